The van der Waals surface area contributed by atoms with Crippen LogP contribution >= 0.6 is 0 Å². The van der Waals surface area contributed by atoms with E-state index < -0.39 is 21.9 Å². The maximum atomic E-state index is 12.8. The molecular weight excluding hydrogens is 346 g/mol. The van der Waals surface area contributed by atoms with Crippen LogP contribution in [0.4, 0.5) is 4.79 Å². The third-order valence-corrected chi connectivity index (χ3v) is 6.45. The molecule has 10 heteroatoms. The molecule has 0 spiro atoms. The van der Waals surface area contributed by atoms with E-state index in [9.17, 15) is 18.0 Å². The summed E-state index contributed by atoms with van der Waals surface area (Å²) in [6.07, 6.45) is 1.72. The van der Waals surface area contributed by atoms with Crippen LogP contribution < -0.4 is 0 Å². The van der Waals surface area contributed by atoms with E-state index in [-0.39, 0.29) is 23.4 Å². The molecule has 3 amide bonds. The largest absolute Gasteiger partial charge is 0.331 e. The smallest absolute Gasteiger partial charge is 0.319 e. The number of carbonyl (C=O) groups excluding carboxylic acids is 2. The van der Waals surface area contributed by atoms with Gasteiger partial charge in [0, 0.05) is 39.9 Å². The van der Waals surface area contributed by atoms with Gasteiger partial charge in [-0.15, -0.1) is 0 Å². The summed E-state index contributed by atoms with van der Waals surface area (Å²) in [6, 6.07) is 0.379. The number of hydrogen-bond donors (Lipinski definition) is 0. The van der Waals surface area contributed by atoms with E-state index in [4.69, 9.17) is 0 Å². The minimum Gasteiger partial charge on any atom is -0.331 e. The monoisotopic (exact) mass is 369 g/mol. The molecule has 2 aliphatic heterocycles. The van der Waals surface area contributed by atoms with Crippen LogP contribution in [0.1, 0.15) is 17.4 Å². The first kappa shape index (κ1) is 17.7. The van der Waals surface area contributed by atoms with Gasteiger partial charge in [-0.05, 0) is 13.0 Å². The van der Waals surface area contributed by atoms with Gasteiger partial charge in [0.15, 0.2) is 9.84 Å². The van der Waals surface area contributed by atoms with Crippen molar-refractivity contribution in [1.82, 2.24) is 24.5 Å². The van der Waals surface area contributed by atoms with E-state index in [1.54, 1.807) is 40.8 Å². The van der Waals surface area contributed by atoms with Crippen LogP contribution in [0.15, 0.2) is 12.3 Å². The molecule has 0 aromatic carbocycles. The summed E-state index contributed by atoms with van der Waals surface area (Å²) < 4.78 is 26.0. The standard InChI is InChI=1S/C15H23N5O4S/c1-4-18-6-5-11(16-18)14(21)19-7-8-20(15(22)17(2)3)13-10-25(23,24)9-12(13)19/h5-6,12-13H,4,7-10H2,1-3H3/t12-,13+/m0/s1. The molecule has 0 radical (unpaired) electrons. The molecule has 2 atom stereocenters. The first-order valence-corrected chi connectivity index (χ1v) is 10.1. The topological polar surface area (TPSA) is 95.8 Å². The predicted molar refractivity (Wildman–Crippen MR) is 91.0 cm³/mol. The lowest BCUT2D eigenvalue weighted by atomic mass is 10.0. The minimum atomic E-state index is -3.30. The van der Waals surface area contributed by atoms with Gasteiger partial charge in [-0.1, -0.05) is 0 Å². The van der Waals surface area contributed by atoms with Gasteiger partial charge >= 0.3 is 6.03 Å². The highest BCUT2D eigenvalue weighted by Crippen LogP contribution is 2.28. The number of urea groups is 1. The number of hydrogen-bond acceptors (Lipinski definition) is 5. The van der Waals surface area contributed by atoms with Crippen molar-refractivity contribution >= 4 is 21.8 Å². The molecule has 0 unspecified atom stereocenters. The van der Waals surface area contributed by atoms with Gasteiger partial charge in [0.05, 0.1) is 23.6 Å². The van der Waals surface area contributed by atoms with Crippen molar-refractivity contribution in [2.24, 2.45) is 0 Å². The third-order valence-electron chi connectivity index (χ3n) is 4.75. The molecule has 3 rings (SSSR count). The minimum absolute atomic E-state index is 0.107. The normalized spacial score (nSPS) is 24.9. The van der Waals surface area contributed by atoms with Crippen molar-refractivity contribution < 1.29 is 18.0 Å². The maximum Gasteiger partial charge on any atom is 0.319 e. The summed E-state index contributed by atoms with van der Waals surface area (Å²) >= 11 is 0. The number of piperazine rings is 1. The quantitative estimate of drug-likeness (QED) is 0.701. The summed E-state index contributed by atoms with van der Waals surface area (Å²) in [6.45, 7) is 3.19. The van der Waals surface area contributed by atoms with Gasteiger partial charge in [0.25, 0.3) is 5.91 Å². The van der Waals surface area contributed by atoms with Crippen LogP contribution in [0.2, 0.25) is 0 Å². The Kier molecular flexibility index (Phi) is 4.48. The lowest BCUT2D eigenvalue weighted by molar-refractivity contribution is 0.0388. The Balaban J connectivity index is 1.88. The van der Waals surface area contributed by atoms with Crippen molar-refractivity contribution in [2.75, 3.05) is 38.7 Å². The zero-order valence-electron chi connectivity index (χ0n) is 14.6. The number of sulfone groups is 1. The molecule has 1 aromatic heterocycles. The first-order valence-electron chi connectivity index (χ1n) is 8.26. The van der Waals surface area contributed by atoms with Gasteiger partial charge in [-0.2, -0.15) is 5.10 Å². The molecule has 0 bridgehead atoms. The van der Waals surface area contributed by atoms with Crippen LogP contribution in [0.25, 0.3) is 0 Å². The molecule has 0 N–H and O–H groups in total. The van der Waals surface area contributed by atoms with E-state index in [1.165, 1.54) is 4.90 Å². The van der Waals surface area contributed by atoms with Gasteiger partial charge < -0.3 is 14.7 Å². The Morgan fingerprint density at radius 3 is 2.36 bits per heavy atom. The summed E-state index contributed by atoms with van der Waals surface area (Å²) in [5.41, 5.74) is 0.303. The summed E-state index contributed by atoms with van der Waals surface area (Å²) in [4.78, 5) is 29.8. The fourth-order valence-corrected chi connectivity index (χ4v) is 5.48. The molecule has 25 heavy (non-hydrogen) atoms. The number of rotatable bonds is 2. The summed E-state index contributed by atoms with van der Waals surface area (Å²) in [5, 5.41) is 4.22. The third kappa shape index (κ3) is 3.22. The number of aromatic nitrogens is 2. The second kappa shape index (κ2) is 6.32. The average Bonchev–Trinajstić information content (AvgIpc) is 3.15. The molecule has 0 saturated carbocycles. The van der Waals surface area contributed by atoms with Crippen molar-refractivity contribution in [3.63, 3.8) is 0 Å². The zero-order valence-corrected chi connectivity index (χ0v) is 15.4. The lowest BCUT2D eigenvalue weighted by Gasteiger charge is -2.44. The van der Waals surface area contributed by atoms with E-state index >= 15 is 0 Å². The molecule has 2 aliphatic rings. The maximum absolute atomic E-state index is 12.8. The van der Waals surface area contributed by atoms with Crippen LogP contribution in [-0.4, -0.2) is 95.6 Å². The Hall–Kier alpha value is -2.10. The second-order valence-corrected chi connectivity index (χ2v) is 8.79. The number of fused-ring (bicyclic) bond motifs is 1. The molecule has 9 nitrogen and oxygen atoms in total. The average molecular weight is 369 g/mol. The van der Waals surface area contributed by atoms with E-state index in [2.05, 4.69) is 5.10 Å². The zero-order chi connectivity index (χ0) is 18.4. The van der Waals surface area contributed by atoms with E-state index in [0.717, 1.165) is 0 Å². The molecule has 138 valence electrons. The van der Waals surface area contributed by atoms with Crippen molar-refractivity contribution in [3.8, 4) is 0 Å². The lowest BCUT2D eigenvalue weighted by Crippen LogP contribution is -2.63. The fraction of sp³-hybridized carbons (Fsp3) is 0.667. The van der Waals surface area contributed by atoms with E-state index in [1.807, 2.05) is 6.92 Å². The van der Waals surface area contributed by atoms with Crippen molar-refractivity contribution in [1.29, 1.82) is 0 Å². The second-order valence-electron chi connectivity index (χ2n) is 6.64. The Morgan fingerprint density at radius 2 is 1.80 bits per heavy atom. The fourth-order valence-electron chi connectivity index (χ4n) is 3.50. The molecular formula is C15H23N5O4S. The van der Waals surface area contributed by atoms with Gasteiger partial charge in [0.2, 0.25) is 0 Å². The SMILES string of the molecule is CCn1ccc(C(=O)N2CCN(C(=O)N(C)C)[C@@H]3CS(=O)(=O)C[C@@H]32)n1. The Morgan fingerprint density at radius 1 is 1.20 bits per heavy atom. The van der Waals surface area contributed by atoms with Crippen molar-refractivity contribution in [3.05, 3.63) is 18.0 Å². The van der Waals surface area contributed by atoms with Gasteiger partial charge in [0.1, 0.15) is 5.69 Å². The van der Waals surface area contributed by atoms with Crippen molar-refractivity contribution in [2.45, 2.75) is 25.6 Å². The number of aryl methyl sites for hydroxylation is 1. The number of nitrogens with zero attached hydrogens (tertiary/aromatic N) is 5. The van der Waals surface area contributed by atoms with Crippen LogP contribution in [0.3, 0.4) is 0 Å². The van der Waals surface area contributed by atoms with Gasteiger partial charge in [-0.3, -0.25) is 9.48 Å². The predicted octanol–water partition coefficient (Wildman–Crippen LogP) is -0.492. The van der Waals surface area contributed by atoms with E-state index in [0.29, 0.717) is 25.3 Å². The first-order chi connectivity index (χ1) is 11.7. The number of amides is 3. The highest BCUT2D eigenvalue weighted by atomic mass is 32.2. The van der Waals surface area contributed by atoms with Crippen LogP contribution in [0.5, 0.6) is 0 Å². The Bertz CT molecular complexity index is 788. The van der Waals surface area contributed by atoms with Crippen LogP contribution in [0, 0.1) is 0 Å². The number of carbonyl (C=O) groups is 2. The summed E-state index contributed by atoms with van der Waals surface area (Å²) in [5.74, 6) is -0.504. The van der Waals surface area contributed by atoms with Gasteiger partial charge in [-0.25, -0.2) is 13.2 Å². The highest BCUT2D eigenvalue weighted by molar-refractivity contribution is 7.91. The highest BCUT2D eigenvalue weighted by Gasteiger charge is 2.50. The van der Waals surface area contributed by atoms with Crippen LogP contribution in [-0.2, 0) is 16.4 Å². The molecule has 1 aromatic rings. The molecule has 0 aliphatic carbocycles. The molecule has 3 heterocycles. The molecule has 2 saturated heterocycles. The Labute approximate surface area is 147 Å². The molecule has 2 fully saturated rings. The summed E-state index contributed by atoms with van der Waals surface area (Å²) in [7, 11) is -0.0317.